The Labute approximate surface area is 169 Å². The number of carboxylic acids is 1. The van der Waals surface area contributed by atoms with E-state index in [1.807, 2.05) is 19.0 Å². The molecule has 7 nitrogen and oxygen atoms in total. The molecule has 0 radical (unpaired) electrons. The normalized spacial score (nSPS) is 11.3. The molecule has 0 fully saturated rings. The first-order valence-corrected chi connectivity index (χ1v) is 9.40. The molecule has 1 aromatic carbocycles. The second-order valence-electron chi connectivity index (χ2n) is 5.98. The number of aromatic nitrogens is 2. The third kappa shape index (κ3) is 4.24. The number of hydrogen-bond donors (Lipinski definition) is 2. The summed E-state index contributed by atoms with van der Waals surface area (Å²) in [4.78, 5) is 22.3. The van der Waals surface area contributed by atoms with E-state index < -0.39 is 5.97 Å². The fourth-order valence-electron chi connectivity index (χ4n) is 2.41. The van der Waals surface area contributed by atoms with Gasteiger partial charge in [0.05, 0.1) is 15.7 Å². The number of carboxylic acid groups (broad SMARTS) is 1. The summed E-state index contributed by atoms with van der Waals surface area (Å²) in [6.07, 6.45) is 0. The number of carbonyl (C=O) groups is 1. The van der Waals surface area contributed by atoms with Gasteiger partial charge < -0.3 is 20.5 Å². The van der Waals surface area contributed by atoms with Crippen LogP contribution in [0.1, 0.15) is 9.67 Å². The van der Waals surface area contributed by atoms with Crippen molar-refractivity contribution < 1.29 is 14.6 Å². The smallest absolute Gasteiger partial charge is 0.345 e. The quantitative estimate of drug-likeness (QED) is 0.616. The van der Waals surface area contributed by atoms with E-state index >= 15 is 0 Å². The summed E-state index contributed by atoms with van der Waals surface area (Å²) in [6, 6.07) is 4.76. The molecule has 0 bridgehead atoms. The van der Waals surface area contributed by atoms with Crippen LogP contribution >= 0.6 is 34.5 Å². The van der Waals surface area contributed by atoms with Crippen molar-refractivity contribution in [1.29, 1.82) is 0 Å². The van der Waals surface area contributed by atoms with Crippen molar-refractivity contribution in [3.63, 3.8) is 0 Å². The van der Waals surface area contributed by atoms with Crippen LogP contribution in [0.3, 0.4) is 0 Å². The van der Waals surface area contributed by atoms with Gasteiger partial charge in [-0.1, -0.05) is 23.2 Å². The lowest BCUT2D eigenvalue weighted by Crippen LogP contribution is -2.19. The van der Waals surface area contributed by atoms with Crippen LogP contribution in [0.5, 0.6) is 5.75 Å². The molecule has 0 aliphatic rings. The molecule has 2 heterocycles. The summed E-state index contributed by atoms with van der Waals surface area (Å²) in [6.45, 7) is 1.15. The van der Waals surface area contributed by atoms with Crippen molar-refractivity contribution in [3.05, 3.63) is 33.1 Å². The Morgan fingerprint density at radius 2 is 2.00 bits per heavy atom. The number of anilines is 1. The van der Waals surface area contributed by atoms with Gasteiger partial charge in [-0.2, -0.15) is 0 Å². The second kappa shape index (κ2) is 7.85. The van der Waals surface area contributed by atoms with E-state index in [1.54, 1.807) is 12.1 Å². The number of nitrogens with two attached hydrogens (primary N) is 1. The maximum atomic E-state index is 11.3. The molecule has 0 atom stereocenters. The van der Waals surface area contributed by atoms with Gasteiger partial charge in [0, 0.05) is 17.5 Å². The minimum atomic E-state index is -1.04. The van der Waals surface area contributed by atoms with Gasteiger partial charge in [0.2, 0.25) is 5.95 Å². The van der Waals surface area contributed by atoms with Crippen LogP contribution in [0.25, 0.3) is 21.5 Å². The molecule has 0 amide bonds. The second-order valence-corrected chi connectivity index (χ2v) is 7.82. The number of ether oxygens (including phenoxy) is 1. The molecule has 0 saturated heterocycles. The zero-order valence-electron chi connectivity index (χ0n) is 14.5. The van der Waals surface area contributed by atoms with Crippen molar-refractivity contribution in [2.24, 2.45) is 0 Å². The number of rotatable bonds is 6. The lowest BCUT2D eigenvalue weighted by atomic mass is 10.1. The number of fused-ring (bicyclic) bond motifs is 1. The predicted octanol–water partition coefficient (Wildman–Crippen LogP) is 3.89. The molecule has 0 unspecified atom stereocenters. The third-order valence-corrected chi connectivity index (χ3v) is 5.32. The molecule has 0 aliphatic heterocycles. The number of halogens is 2. The fraction of sp³-hybridized carbons (Fsp3) is 0.235. The van der Waals surface area contributed by atoms with Crippen LogP contribution in [0, 0.1) is 0 Å². The van der Waals surface area contributed by atoms with Crippen molar-refractivity contribution in [2.75, 3.05) is 33.0 Å². The lowest BCUT2D eigenvalue weighted by molar-refractivity contribution is 0.0702. The van der Waals surface area contributed by atoms with Crippen molar-refractivity contribution in [2.45, 2.75) is 0 Å². The summed E-state index contributed by atoms with van der Waals surface area (Å²) in [5.41, 5.74) is 6.78. The average Bonchev–Trinajstić information content (AvgIpc) is 3.00. The van der Waals surface area contributed by atoms with Gasteiger partial charge >= 0.3 is 5.97 Å². The third-order valence-electron chi connectivity index (χ3n) is 3.69. The highest BCUT2D eigenvalue weighted by Gasteiger charge is 2.19. The molecule has 0 aliphatic carbocycles. The Morgan fingerprint density at radius 3 is 2.67 bits per heavy atom. The topological polar surface area (TPSA) is 102 Å². The predicted molar refractivity (Wildman–Crippen MR) is 108 cm³/mol. The number of nitrogens with zero attached hydrogens (tertiary/aromatic N) is 3. The molecule has 142 valence electrons. The number of likely N-dealkylation sites (N-methyl/N-ethyl adjacent to an activating group) is 1. The highest BCUT2D eigenvalue weighted by atomic mass is 35.5. The van der Waals surface area contributed by atoms with Crippen LogP contribution in [0.15, 0.2) is 18.2 Å². The zero-order chi connectivity index (χ0) is 19.7. The monoisotopic (exact) mass is 426 g/mol. The number of aromatic carboxylic acids is 1. The average molecular weight is 427 g/mol. The molecule has 3 aromatic rings. The van der Waals surface area contributed by atoms with Gasteiger partial charge in [0.25, 0.3) is 0 Å². The van der Waals surface area contributed by atoms with Gasteiger partial charge in [0.15, 0.2) is 0 Å². The molecule has 0 spiro atoms. The summed E-state index contributed by atoms with van der Waals surface area (Å²) < 4.78 is 5.75. The van der Waals surface area contributed by atoms with Crippen LogP contribution in [-0.2, 0) is 0 Å². The first-order chi connectivity index (χ1) is 12.8. The van der Waals surface area contributed by atoms with Gasteiger partial charge in [-0.05, 0) is 32.3 Å². The van der Waals surface area contributed by atoms with Gasteiger partial charge in [0.1, 0.15) is 22.1 Å². The van der Waals surface area contributed by atoms with E-state index in [4.69, 9.17) is 33.7 Å². The van der Waals surface area contributed by atoms with Crippen molar-refractivity contribution in [1.82, 2.24) is 14.9 Å². The Kier molecular flexibility index (Phi) is 5.71. The van der Waals surface area contributed by atoms with Crippen LogP contribution in [-0.4, -0.2) is 53.2 Å². The highest BCUT2D eigenvalue weighted by molar-refractivity contribution is 7.20. The Bertz CT molecular complexity index is 1020. The first-order valence-electron chi connectivity index (χ1n) is 7.83. The Balaban J connectivity index is 2.11. The van der Waals surface area contributed by atoms with Crippen LogP contribution in [0.4, 0.5) is 5.95 Å². The van der Waals surface area contributed by atoms with Crippen molar-refractivity contribution in [3.8, 4) is 17.0 Å². The minimum absolute atomic E-state index is 0.0254. The Morgan fingerprint density at radius 1 is 1.26 bits per heavy atom. The molecule has 0 saturated carbocycles. The maximum absolute atomic E-state index is 11.3. The Hall–Kier alpha value is -2.13. The molecule has 3 N–H and O–H groups in total. The molecule has 27 heavy (non-hydrogen) atoms. The van der Waals surface area contributed by atoms with Crippen molar-refractivity contribution >= 4 is 56.7 Å². The van der Waals surface area contributed by atoms with Crippen LogP contribution < -0.4 is 10.5 Å². The lowest BCUT2D eigenvalue weighted by Gasteiger charge is -2.14. The minimum Gasteiger partial charge on any atom is -0.491 e. The van der Waals surface area contributed by atoms with E-state index in [0.717, 1.165) is 11.3 Å². The maximum Gasteiger partial charge on any atom is 0.345 e. The van der Waals surface area contributed by atoms with Crippen LogP contribution in [0.2, 0.25) is 10.0 Å². The number of benzene rings is 1. The summed E-state index contributed by atoms with van der Waals surface area (Å²) in [5, 5.41) is 10.5. The van der Waals surface area contributed by atoms with Gasteiger partial charge in [-0.25, -0.2) is 14.8 Å². The fourth-order valence-corrected chi connectivity index (χ4v) is 3.81. The molecule has 3 rings (SSSR count). The standard InChI is InChI=1S/C17H16Cl2N4O3S/c1-23(2)3-4-26-12-5-8(10(18)7-11(12)19)14-9-6-13(16(24)25)27-15(9)22-17(20)21-14/h5-7H,3-4H2,1-2H3,(H,24,25)(H2,20,21,22). The largest absolute Gasteiger partial charge is 0.491 e. The molecule has 2 aromatic heterocycles. The van der Waals surface area contributed by atoms with E-state index in [2.05, 4.69) is 9.97 Å². The number of hydrogen-bond acceptors (Lipinski definition) is 7. The van der Waals surface area contributed by atoms with E-state index in [0.29, 0.717) is 50.4 Å². The SMILES string of the molecule is CN(C)CCOc1cc(-c2nc(N)nc3sc(C(=O)O)cc23)c(Cl)cc1Cl. The highest BCUT2D eigenvalue weighted by Crippen LogP contribution is 2.40. The summed E-state index contributed by atoms with van der Waals surface area (Å²) in [7, 11) is 3.88. The van der Waals surface area contributed by atoms with Gasteiger partial charge in [-0.15, -0.1) is 11.3 Å². The zero-order valence-corrected chi connectivity index (χ0v) is 16.8. The number of nitrogen functional groups attached to an aromatic ring is 1. The molecular formula is C17H16Cl2N4O3S. The van der Waals surface area contributed by atoms with E-state index in [1.165, 1.54) is 6.07 Å². The van der Waals surface area contributed by atoms with Gasteiger partial charge in [-0.3, -0.25) is 0 Å². The number of thiophene rings is 1. The molecular weight excluding hydrogens is 411 g/mol. The summed E-state index contributed by atoms with van der Waals surface area (Å²) in [5.74, 6) is -0.563. The van der Waals surface area contributed by atoms with E-state index in [9.17, 15) is 9.90 Å². The summed E-state index contributed by atoms with van der Waals surface area (Å²) >= 11 is 13.6. The van der Waals surface area contributed by atoms with E-state index in [-0.39, 0.29) is 10.8 Å². The molecule has 10 heteroatoms. The first kappa shape index (κ1) is 19.6.